The fraction of sp³-hybridized carbons (Fsp3) is 0.455. The third-order valence-electron chi connectivity index (χ3n) is 3.17. The van der Waals surface area contributed by atoms with Crippen molar-refractivity contribution in [3.8, 4) is 5.88 Å². The molecule has 16 heavy (non-hydrogen) atoms. The second-order valence-corrected chi connectivity index (χ2v) is 4.06. The number of carbonyl (C=O) groups is 1. The highest BCUT2D eigenvalue weighted by atomic mass is 16.5. The van der Waals surface area contributed by atoms with Crippen LogP contribution < -0.4 is 10.5 Å². The van der Waals surface area contributed by atoms with Crippen LogP contribution in [0, 0.1) is 0 Å². The lowest BCUT2D eigenvalue weighted by Crippen LogP contribution is -2.41. The van der Waals surface area contributed by atoms with Gasteiger partial charge in [-0.1, -0.05) is 0 Å². The summed E-state index contributed by atoms with van der Waals surface area (Å²) in [7, 11) is 1.53. The van der Waals surface area contributed by atoms with Gasteiger partial charge in [-0.05, 0) is 24.5 Å². The lowest BCUT2D eigenvalue weighted by atomic mass is 9.89. The van der Waals surface area contributed by atoms with E-state index in [1.807, 2.05) is 0 Å². The summed E-state index contributed by atoms with van der Waals surface area (Å²) in [6.07, 6.45) is 3.21. The molecule has 1 fully saturated rings. The maximum atomic E-state index is 10.9. The molecule has 5 nitrogen and oxygen atoms in total. The molecule has 0 bridgehead atoms. The maximum Gasteiger partial charge on any atom is 0.321 e. The van der Waals surface area contributed by atoms with E-state index in [1.54, 1.807) is 18.3 Å². The van der Waals surface area contributed by atoms with Crippen LogP contribution in [-0.2, 0) is 10.2 Å². The Morgan fingerprint density at radius 1 is 1.69 bits per heavy atom. The van der Waals surface area contributed by atoms with Crippen molar-refractivity contribution in [2.24, 2.45) is 5.73 Å². The summed E-state index contributed by atoms with van der Waals surface area (Å²) in [5.41, 5.74) is 6.19. The van der Waals surface area contributed by atoms with Crippen LogP contribution in [0.5, 0.6) is 5.88 Å². The SMILES string of the molecule is COc1cc(C2(C(N)C(=O)O)CC2)ccn1. The molecule has 3 N–H and O–H groups in total. The molecule has 1 aliphatic carbocycles. The Labute approximate surface area is 93.2 Å². The first-order valence-electron chi connectivity index (χ1n) is 5.09. The summed E-state index contributed by atoms with van der Waals surface area (Å²) in [6, 6.07) is 2.70. The van der Waals surface area contributed by atoms with Gasteiger partial charge in [0.05, 0.1) is 7.11 Å². The van der Waals surface area contributed by atoms with Crippen molar-refractivity contribution in [3.05, 3.63) is 23.9 Å². The van der Waals surface area contributed by atoms with E-state index in [-0.39, 0.29) is 0 Å². The van der Waals surface area contributed by atoms with Crippen molar-refractivity contribution in [3.63, 3.8) is 0 Å². The summed E-state index contributed by atoms with van der Waals surface area (Å²) in [5.74, 6) is -0.477. The van der Waals surface area contributed by atoms with Crippen LogP contribution in [0.2, 0.25) is 0 Å². The topological polar surface area (TPSA) is 85.4 Å². The minimum atomic E-state index is -0.965. The first-order valence-corrected chi connectivity index (χ1v) is 5.09. The zero-order chi connectivity index (χ0) is 11.8. The van der Waals surface area contributed by atoms with Gasteiger partial charge in [0.25, 0.3) is 0 Å². The summed E-state index contributed by atoms with van der Waals surface area (Å²) in [6.45, 7) is 0. The van der Waals surface area contributed by atoms with Gasteiger partial charge < -0.3 is 15.6 Å². The number of pyridine rings is 1. The second kappa shape index (κ2) is 3.75. The number of hydrogen-bond acceptors (Lipinski definition) is 4. The van der Waals surface area contributed by atoms with E-state index < -0.39 is 17.4 Å². The smallest absolute Gasteiger partial charge is 0.321 e. The molecule has 0 aliphatic heterocycles. The van der Waals surface area contributed by atoms with Crippen molar-refractivity contribution in [1.29, 1.82) is 0 Å². The lowest BCUT2D eigenvalue weighted by molar-refractivity contribution is -0.139. The minimum absolute atomic E-state index is 0.429. The normalized spacial score (nSPS) is 18.9. The number of carboxylic acids is 1. The van der Waals surface area contributed by atoms with E-state index in [0.29, 0.717) is 5.88 Å². The Bertz CT molecular complexity index is 415. The third kappa shape index (κ3) is 1.63. The van der Waals surface area contributed by atoms with Gasteiger partial charge in [0, 0.05) is 17.7 Å². The Hall–Kier alpha value is -1.62. The highest BCUT2D eigenvalue weighted by molar-refractivity contribution is 5.77. The maximum absolute atomic E-state index is 10.9. The van der Waals surface area contributed by atoms with E-state index in [1.165, 1.54) is 7.11 Å². The van der Waals surface area contributed by atoms with Crippen LogP contribution >= 0.6 is 0 Å². The molecule has 2 rings (SSSR count). The molecule has 1 aliphatic rings. The Kier molecular flexibility index (Phi) is 2.55. The predicted octanol–water partition coefficient (Wildman–Crippen LogP) is 0.534. The molecule has 86 valence electrons. The van der Waals surface area contributed by atoms with E-state index in [2.05, 4.69) is 4.98 Å². The first-order chi connectivity index (χ1) is 7.60. The van der Waals surface area contributed by atoms with E-state index in [0.717, 1.165) is 18.4 Å². The Morgan fingerprint density at radius 2 is 2.38 bits per heavy atom. The molecule has 0 aromatic carbocycles. The average Bonchev–Trinajstić information content (AvgIpc) is 3.09. The van der Waals surface area contributed by atoms with Gasteiger partial charge >= 0.3 is 5.97 Å². The highest BCUT2D eigenvalue weighted by Gasteiger charge is 2.52. The van der Waals surface area contributed by atoms with Crippen molar-refractivity contribution in [2.45, 2.75) is 24.3 Å². The van der Waals surface area contributed by atoms with E-state index >= 15 is 0 Å². The highest BCUT2D eigenvalue weighted by Crippen LogP contribution is 2.50. The molecular formula is C11H14N2O3. The third-order valence-corrected chi connectivity index (χ3v) is 3.17. The number of hydrogen-bond donors (Lipinski definition) is 2. The van der Waals surface area contributed by atoms with Gasteiger partial charge in [0.15, 0.2) is 0 Å². The molecule has 1 aromatic heterocycles. The zero-order valence-electron chi connectivity index (χ0n) is 9.01. The minimum Gasteiger partial charge on any atom is -0.481 e. The van der Waals surface area contributed by atoms with Crippen LogP contribution in [0.15, 0.2) is 18.3 Å². The standard InChI is InChI=1S/C11H14N2O3/c1-16-8-6-7(2-5-13-8)11(3-4-11)9(12)10(14)15/h2,5-6,9H,3-4,12H2,1H3,(H,14,15). The monoisotopic (exact) mass is 222 g/mol. The number of aromatic nitrogens is 1. The molecule has 1 saturated carbocycles. The molecule has 0 spiro atoms. The molecule has 0 radical (unpaired) electrons. The van der Waals surface area contributed by atoms with Gasteiger partial charge in [-0.2, -0.15) is 0 Å². The molecule has 1 atom stereocenters. The Balaban J connectivity index is 2.32. The summed E-state index contributed by atoms with van der Waals surface area (Å²) >= 11 is 0. The quantitative estimate of drug-likeness (QED) is 0.776. The number of aliphatic carboxylic acids is 1. The molecule has 1 heterocycles. The molecule has 0 saturated heterocycles. The summed E-state index contributed by atoms with van der Waals surface area (Å²) < 4.78 is 5.02. The van der Waals surface area contributed by atoms with Crippen molar-refractivity contribution < 1.29 is 14.6 Å². The first kappa shape index (κ1) is 10.9. The van der Waals surface area contributed by atoms with Crippen LogP contribution in [0.4, 0.5) is 0 Å². The van der Waals surface area contributed by atoms with Gasteiger partial charge in [0.1, 0.15) is 6.04 Å². The molecule has 1 aromatic rings. The predicted molar refractivity (Wildman–Crippen MR) is 57.3 cm³/mol. The van der Waals surface area contributed by atoms with Gasteiger partial charge in [0.2, 0.25) is 5.88 Å². The summed E-state index contributed by atoms with van der Waals surface area (Å²) in [4.78, 5) is 14.9. The number of ether oxygens (including phenoxy) is 1. The van der Waals surface area contributed by atoms with Crippen LogP contribution in [0.25, 0.3) is 0 Å². The zero-order valence-corrected chi connectivity index (χ0v) is 9.01. The van der Waals surface area contributed by atoms with E-state index in [4.69, 9.17) is 15.6 Å². The van der Waals surface area contributed by atoms with Crippen molar-refractivity contribution in [1.82, 2.24) is 4.98 Å². The van der Waals surface area contributed by atoms with E-state index in [9.17, 15) is 4.79 Å². The average molecular weight is 222 g/mol. The van der Waals surface area contributed by atoms with Gasteiger partial charge in [-0.15, -0.1) is 0 Å². The number of nitrogens with zero attached hydrogens (tertiary/aromatic N) is 1. The molecule has 0 amide bonds. The number of carboxylic acid groups (broad SMARTS) is 1. The number of nitrogens with two attached hydrogens (primary N) is 1. The van der Waals surface area contributed by atoms with Crippen LogP contribution in [0.1, 0.15) is 18.4 Å². The number of rotatable bonds is 4. The largest absolute Gasteiger partial charge is 0.481 e. The fourth-order valence-electron chi connectivity index (χ4n) is 1.98. The summed E-state index contributed by atoms with van der Waals surface area (Å²) in [5, 5.41) is 8.97. The van der Waals surface area contributed by atoms with Gasteiger partial charge in [-0.3, -0.25) is 4.79 Å². The van der Waals surface area contributed by atoms with Gasteiger partial charge in [-0.25, -0.2) is 4.98 Å². The molecular weight excluding hydrogens is 208 g/mol. The molecule has 5 heteroatoms. The second-order valence-electron chi connectivity index (χ2n) is 4.06. The van der Waals surface area contributed by atoms with Crippen molar-refractivity contribution >= 4 is 5.97 Å². The molecule has 1 unspecified atom stereocenters. The Morgan fingerprint density at radius 3 is 2.88 bits per heavy atom. The van der Waals surface area contributed by atoms with Crippen molar-refractivity contribution in [2.75, 3.05) is 7.11 Å². The van der Waals surface area contributed by atoms with Crippen LogP contribution in [0.3, 0.4) is 0 Å². The lowest BCUT2D eigenvalue weighted by Gasteiger charge is -2.20. The fourth-order valence-corrected chi connectivity index (χ4v) is 1.98. The number of methoxy groups -OCH3 is 1. The van der Waals surface area contributed by atoms with Crippen LogP contribution in [-0.4, -0.2) is 29.2 Å².